The Balaban J connectivity index is 0.000000531. The highest BCUT2D eigenvalue weighted by Gasteiger charge is 2.22. The average molecular weight is 226 g/mol. The van der Waals surface area contributed by atoms with Crippen LogP contribution in [0.3, 0.4) is 0 Å². The van der Waals surface area contributed by atoms with Gasteiger partial charge in [-0.1, -0.05) is 34.6 Å². The molecule has 0 saturated heterocycles. The number of nitrogens with one attached hydrogen (secondary N) is 1. The number of thiazole rings is 1. The van der Waals surface area contributed by atoms with Crippen molar-refractivity contribution in [3.8, 4) is 0 Å². The summed E-state index contributed by atoms with van der Waals surface area (Å²) in [6.07, 6.45) is 1.16. The smallest absolute Gasteiger partial charge is 0.0985 e. The maximum atomic E-state index is 4.68. The molecule has 0 bridgehead atoms. The molecule has 0 fully saturated rings. The fraction of sp³-hybridized carbons (Fsp3) is 0.750. The van der Waals surface area contributed by atoms with Crippen LogP contribution in [0.5, 0.6) is 0 Å². The first kappa shape index (κ1) is 12.7. The molecule has 0 unspecified atom stereocenters. The minimum Gasteiger partial charge on any atom is -0.311 e. The molecule has 2 nitrogen and oxygen atoms in total. The summed E-state index contributed by atoms with van der Waals surface area (Å²) in [6, 6.07) is 0. The van der Waals surface area contributed by atoms with Crippen molar-refractivity contribution in [1.82, 2.24) is 10.3 Å². The van der Waals surface area contributed by atoms with Crippen molar-refractivity contribution < 1.29 is 0 Å². The number of nitrogens with zero attached hydrogens (tertiary/aromatic N) is 1. The van der Waals surface area contributed by atoms with Crippen molar-refractivity contribution in [3.63, 3.8) is 0 Å². The summed E-state index contributed by atoms with van der Waals surface area (Å²) in [5, 5.41) is 4.63. The molecular formula is C12H22N2S. The first-order valence-electron chi connectivity index (χ1n) is 5.77. The van der Waals surface area contributed by atoms with Gasteiger partial charge in [0.05, 0.1) is 10.7 Å². The molecule has 1 aliphatic rings. The Morgan fingerprint density at radius 2 is 1.93 bits per heavy atom. The Morgan fingerprint density at radius 3 is 2.47 bits per heavy atom. The summed E-state index contributed by atoms with van der Waals surface area (Å²) in [6.45, 7) is 12.8. The highest BCUT2D eigenvalue weighted by atomic mass is 32.1. The molecule has 0 aromatic carbocycles. The number of hydrogen-bond acceptors (Lipinski definition) is 3. The molecule has 0 aliphatic carbocycles. The fourth-order valence-electron chi connectivity index (χ4n) is 1.45. The minimum absolute atomic E-state index is 0.210. The van der Waals surface area contributed by atoms with Crippen molar-refractivity contribution in [2.24, 2.45) is 0 Å². The predicted molar refractivity (Wildman–Crippen MR) is 67.6 cm³/mol. The third kappa shape index (κ3) is 3.02. The van der Waals surface area contributed by atoms with Crippen molar-refractivity contribution in [1.29, 1.82) is 0 Å². The van der Waals surface area contributed by atoms with Gasteiger partial charge in [-0.3, -0.25) is 0 Å². The van der Waals surface area contributed by atoms with Crippen LogP contribution in [0.25, 0.3) is 0 Å². The summed E-state index contributed by atoms with van der Waals surface area (Å²) in [5.41, 5.74) is 1.49. The van der Waals surface area contributed by atoms with E-state index in [9.17, 15) is 0 Å². The van der Waals surface area contributed by atoms with E-state index in [1.165, 1.54) is 15.6 Å². The van der Waals surface area contributed by atoms with Crippen molar-refractivity contribution in [2.45, 2.75) is 53.0 Å². The van der Waals surface area contributed by atoms with E-state index in [4.69, 9.17) is 0 Å². The minimum atomic E-state index is 0.210. The van der Waals surface area contributed by atoms with E-state index in [-0.39, 0.29) is 5.41 Å². The second kappa shape index (κ2) is 5.08. The monoisotopic (exact) mass is 226 g/mol. The van der Waals surface area contributed by atoms with Crippen LogP contribution in [0.2, 0.25) is 0 Å². The molecule has 0 spiro atoms. The molecule has 1 aliphatic heterocycles. The first-order chi connectivity index (χ1) is 7.07. The zero-order valence-corrected chi connectivity index (χ0v) is 11.3. The number of rotatable bonds is 0. The highest BCUT2D eigenvalue weighted by molar-refractivity contribution is 7.11. The fourth-order valence-corrected chi connectivity index (χ4v) is 2.58. The van der Waals surface area contributed by atoms with Gasteiger partial charge in [-0.05, 0) is 6.42 Å². The van der Waals surface area contributed by atoms with Gasteiger partial charge in [0, 0.05) is 23.4 Å². The van der Waals surface area contributed by atoms with Crippen LogP contribution in [0, 0.1) is 0 Å². The molecule has 0 radical (unpaired) electrons. The van der Waals surface area contributed by atoms with Gasteiger partial charge < -0.3 is 5.32 Å². The van der Waals surface area contributed by atoms with Crippen LogP contribution in [-0.4, -0.2) is 11.5 Å². The quantitative estimate of drug-likeness (QED) is 0.735. The zero-order valence-electron chi connectivity index (χ0n) is 10.5. The van der Waals surface area contributed by atoms with Gasteiger partial charge >= 0.3 is 0 Å². The van der Waals surface area contributed by atoms with E-state index in [0.29, 0.717) is 0 Å². The lowest BCUT2D eigenvalue weighted by atomic mass is 9.98. The summed E-state index contributed by atoms with van der Waals surface area (Å²) in [7, 11) is 0. The van der Waals surface area contributed by atoms with Crippen LogP contribution in [-0.2, 0) is 18.4 Å². The van der Waals surface area contributed by atoms with Gasteiger partial charge in [-0.25, -0.2) is 4.98 Å². The van der Waals surface area contributed by atoms with Gasteiger partial charge in [0.15, 0.2) is 0 Å². The van der Waals surface area contributed by atoms with Gasteiger partial charge in [0.1, 0.15) is 0 Å². The second-order valence-electron chi connectivity index (χ2n) is 4.57. The van der Waals surface area contributed by atoms with Crippen molar-refractivity contribution in [3.05, 3.63) is 15.6 Å². The zero-order chi connectivity index (χ0) is 11.5. The van der Waals surface area contributed by atoms with Crippen LogP contribution in [0.1, 0.15) is 50.2 Å². The molecule has 3 heteroatoms. The maximum Gasteiger partial charge on any atom is 0.0985 e. The number of hydrogen-bond donors (Lipinski definition) is 1. The molecular weight excluding hydrogens is 204 g/mol. The number of fused-ring (bicyclic) bond motifs is 1. The molecule has 15 heavy (non-hydrogen) atoms. The van der Waals surface area contributed by atoms with Crippen LogP contribution in [0.4, 0.5) is 0 Å². The van der Waals surface area contributed by atoms with Gasteiger partial charge in [-0.15, -0.1) is 11.3 Å². The molecule has 0 amide bonds. The van der Waals surface area contributed by atoms with E-state index < -0.39 is 0 Å². The van der Waals surface area contributed by atoms with Gasteiger partial charge in [0.25, 0.3) is 0 Å². The predicted octanol–water partition coefficient (Wildman–Crippen LogP) is 3.11. The standard InChI is InChI=1S/C10H16N2S.C2H6/c1-10(2,3)9-12-7-6-11-5-4-8(7)13-9;1-2/h11H,4-6H2,1-3H3;1-2H3. The summed E-state index contributed by atoms with van der Waals surface area (Å²) >= 11 is 1.89. The topological polar surface area (TPSA) is 24.9 Å². The van der Waals surface area contributed by atoms with Crippen LogP contribution < -0.4 is 5.32 Å². The normalized spacial score (nSPS) is 15.3. The molecule has 2 rings (SSSR count). The molecule has 2 heterocycles. The SMILES string of the molecule is CC.CC(C)(C)c1nc2c(s1)CCNC2. The molecule has 0 atom stereocenters. The molecule has 1 N–H and O–H groups in total. The lowest BCUT2D eigenvalue weighted by Crippen LogP contribution is -2.22. The lowest BCUT2D eigenvalue weighted by Gasteiger charge is -2.13. The van der Waals surface area contributed by atoms with E-state index in [1.807, 2.05) is 25.2 Å². The molecule has 1 aromatic heterocycles. The third-order valence-electron chi connectivity index (χ3n) is 2.24. The summed E-state index contributed by atoms with van der Waals surface area (Å²) in [5.74, 6) is 0. The molecule has 1 aromatic rings. The van der Waals surface area contributed by atoms with Crippen LogP contribution in [0.15, 0.2) is 0 Å². The summed E-state index contributed by atoms with van der Waals surface area (Å²) < 4.78 is 0. The summed E-state index contributed by atoms with van der Waals surface area (Å²) in [4.78, 5) is 6.17. The van der Waals surface area contributed by atoms with E-state index in [2.05, 4.69) is 31.1 Å². The Morgan fingerprint density at radius 1 is 1.27 bits per heavy atom. The van der Waals surface area contributed by atoms with Crippen molar-refractivity contribution in [2.75, 3.05) is 6.54 Å². The average Bonchev–Trinajstić information content (AvgIpc) is 2.63. The lowest BCUT2D eigenvalue weighted by molar-refractivity contribution is 0.576. The molecule has 0 saturated carbocycles. The first-order valence-corrected chi connectivity index (χ1v) is 6.59. The third-order valence-corrected chi connectivity index (χ3v) is 3.82. The van der Waals surface area contributed by atoms with E-state index in [0.717, 1.165) is 19.5 Å². The highest BCUT2D eigenvalue weighted by Crippen LogP contribution is 2.30. The largest absolute Gasteiger partial charge is 0.311 e. The maximum absolute atomic E-state index is 4.68. The second-order valence-corrected chi connectivity index (χ2v) is 5.65. The Bertz CT molecular complexity index is 286. The van der Waals surface area contributed by atoms with Crippen LogP contribution >= 0.6 is 11.3 Å². The Hall–Kier alpha value is -0.410. The Kier molecular flexibility index (Phi) is 4.29. The molecule has 86 valence electrons. The van der Waals surface area contributed by atoms with Gasteiger partial charge in [0.2, 0.25) is 0 Å². The van der Waals surface area contributed by atoms with Crippen molar-refractivity contribution >= 4 is 11.3 Å². The Labute approximate surface area is 97.1 Å². The van der Waals surface area contributed by atoms with E-state index in [1.54, 1.807) is 0 Å². The van der Waals surface area contributed by atoms with Gasteiger partial charge in [-0.2, -0.15) is 0 Å². The van der Waals surface area contributed by atoms with E-state index >= 15 is 0 Å². The number of aromatic nitrogens is 1.